The van der Waals surface area contributed by atoms with Crippen molar-refractivity contribution in [1.29, 1.82) is 0 Å². The molecule has 4 rings (SSSR count). The predicted molar refractivity (Wildman–Crippen MR) is 97.7 cm³/mol. The van der Waals surface area contributed by atoms with Crippen molar-refractivity contribution in [1.82, 2.24) is 14.1 Å². The summed E-state index contributed by atoms with van der Waals surface area (Å²) in [5.41, 5.74) is 5.33. The lowest BCUT2D eigenvalue weighted by atomic mass is 10.1. The maximum absolute atomic E-state index is 13.0. The molecule has 1 atom stereocenters. The van der Waals surface area contributed by atoms with Gasteiger partial charge in [0.1, 0.15) is 5.76 Å². The number of nitrogens with zero attached hydrogens (tertiary/aromatic N) is 3. The minimum Gasteiger partial charge on any atom is -0.361 e. The summed E-state index contributed by atoms with van der Waals surface area (Å²) in [7, 11) is -1.33. The van der Waals surface area contributed by atoms with E-state index < -0.39 is 11.0 Å². The van der Waals surface area contributed by atoms with Gasteiger partial charge < -0.3 is 4.52 Å². The Balaban J connectivity index is 1.92. The number of pyridine rings is 1. The molecule has 0 saturated carbocycles. The Morgan fingerprint density at radius 2 is 1.88 bits per heavy atom. The Kier molecular flexibility index (Phi) is 3.77. The third kappa shape index (κ3) is 2.59. The van der Waals surface area contributed by atoms with Crippen LogP contribution in [-0.4, -0.2) is 18.3 Å². The fourth-order valence-corrected chi connectivity index (χ4v) is 4.24. The number of benzene rings is 1. The lowest BCUT2D eigenvalue weighted by Crippen LogP contribution is -2.03. The third-order valence-electron chi connectivity index (χ3n) is 4.23. The smallest absolute Gasteiger partial charge is 0.157 e. The van der Waals surface area contributed by atoms with Gasteiger partial charge in [0.25, 0.3) is 0 Å². The van der Waals surface area contributed by atoms with E-state index in [1.54, 1.807) is 3.97 Å². The summed E-state index contributed by atoms with van der Waals surface area (Å²) in [6, 6.07) is 11.4. The highest BCUT2D eigenvalue weighted by Gasteiger charge is 2.17. The average molecular weight is 351 g/mol. The van der Waals surface area contributed by atoms with Crippen molar-refractivity contribution in [3.8, 4) is 11.1 Å². The second-order valence-electron chi connectivity index (χ2n) is 5.99. The summed E-state index contributed by atoms with van der Waals surface area (Å²) in [6.45, 7) is 5.76. The van der Waals surface area contributed by atoms with E-state index >= 15 is 0 Å². The van der Waals surface area contributed by atoms with Crippen molar-refractivity contribution in [2.45, 2.75) is 25.7 Å². The minimum absolute atomic E-state index is 0.748. The molecular formula is C19H17N3O2S. The molecular weight excluding hydrogens is 334 g/mol. The van der Waals surface area contributed by atoms with Crippen molar-refractivity contribution in [2.24, 2.45) is 0 Å². The Morgan fingerprint density at radius 3 is 2.56 bits per heavy atom. The Labute approximate surface area is 147 Å². The van der Waals surface area contributed by atoms with Gasteiger partial charge in [-0.05, 0) is 44.5 Å². The van der Waals surface area contributed by atoms with E-state index in [-0.39, 0.29) is 0 Å². The highest BCUT2D eigenvalue weighted by molar-refractivity contribution is 7.83. The summed E-state index contributed by atoms with van der Waals surface area (Å²) in [4.78, 5) is 5.34. The van der Waals surface area contributed by atoms with E-state index in [4.69, 9.17) is 4.52 Å². The molecule has 0 radical (unpaired) electrons. The lowest BCUT2D eigenvalue weighted by Gasteiger charge is -2.06. The number of aromatic nitrogens is 3. The topological polar surface area (TPSA) is 60.9 Å². The van der Waals surface area contributed by atoms with Crippen LogP contribution >= 0.6 is 0 Å². The van der Waals surface area contributed by atoms with E-state index in [1.165, 1.54) is 0 Å². The highest BCUT2D eigenvalue weighted by Crippen LogP contribution is 2.30. The number of hydrogen-bond donors (Lipinski definition) is 0. The van der Waals surface area contributed by atoms with Gasteiger partial charge in [0.15, 0.2) is 11.0 Å². The van der Waals surface area contributed by atoms with Crippen LogP contribution in [0.25, 0.3) is 22.2 Å². The number of hydrogen-bond acceptors (Lipinski definition) is 4. The van der Waals surface area contributed by atoms with Crippen molar-refractivity contribution in [2.75, 3.05) is 0 Å². The van der Waals surface area contributed by atoms with Gasteiger partial charge in [-0.2, -0.15) is 0 Å². The zero-order valence-electron chi connectivity index (χ0n) is 14.2. The Bertz CT molecular complexity index is 1080. The summed E-state index contributed by atoms with van der Waals surface area (Å²) in [6.07, 6.45) is 3.70. The normalized spacial score (nSPS) is 12.6. The standard InChI is InChI=1S/C19H17N3O2S/c1-12-11-22(25(23)16-7-5-4-6-8-16)17-9-15(10-20-19(12)17)18-13(2)21-24-14(18)3/h4-11H,1-3H3. The van der Waals surface area contributed by atoms with Crippen LogP contribution in [0.3, 0.4) is 0 Å². The van der Waals surface area contributed by atoms with Gasteiger partial charge >= 0.3 is 0 Å². The first-order chi connectivity index (χ1) is 12.1. The quantitative estimate of drug-likeness (QED) is 0.555. The average Bonchev–Trinajstić information content (AvgIpc) is 3.14. The van der Waals surface area contributed by atoms with Gasteiger partial charge in [-0.1, -0.05) is 23.4 Å². The van der Waals surface area contributed by atoms with Crippen LogP contribution in [0, 0.1) is 20.8 Å². The summed E-state index contributed by atoms with van der Waals surface area (Å²) >= 11 is 0. The molecule has 25 heavy (non-hydrogen) atoms. The van der Waals surface area contributed by atoms with Gasteiger partial charge in [0.05, 0.1) is 21.6 Å². The van der Waals surface area contributed by atoms with Crippen LogP contribution < -0.4 is 0 Å². The maximum atomic E-state index is 13.0. The fourth-order valence-electron chi connectivity index (χ4n) is 3.05. The summed E-state index contributed by atoms with van der Waals surface area (Å²) in [5, 5.41) is 4.01. The van der Waals surface area contributed by atoms with E-state index in [1.807, 2.05) is 69.6 Å². The van der Waals surface area contributed by atoms with Crippen molar-refractivity contribution in [3.05, 3.63) is 65.8 Å². The van der Waals surface area contributed by atoms with E-state index in [0.717, 1.165) is 44.1 Å². The van der Waals surface area contributed by atoms with Crippen LogP contribution in [-0.2, 0) is 11.0 Å². The van der Waals surface area contributed by atoms with E-state index in [2.05, 4.69) is 10.1 Å². The molecule has 126 valence electrons. The molecule has 0 saturated heterocycles. The number of aryl methyl sites for hydroxylation is 3. The minimum atomic E-state index is -1.33. The number of rotatable bonds is 3. The Morgan fingerprint density at radius 1 is 1.12 bits per heavy atom. The van der Waals surface area contributed by atoms with Gasteiger partial charge in [-0.15, -0.1) is 0 Å². The Hall–Kier alpha value is -2.73. The second-order valence-corrected chi connectivity index (χ2v) is 7.35. The molecule has 0 fully saturated rings. The first-order valence-corrected chi connectivity index (χ1v) is 9.05. The molecule has 1 unspecified atom stereocenters. The molecule has 0 N–H and O–H groups in total. The molecule has 0 amide bonds. The maximum Gasteiger partial charge on any atom is 0.157 e. The monoisotopic (exact) mass is 351 g/mol. The number of fused-ring (bicyclic) bond motifs is 1. The first kappa shape index (κ1) is 15.8. The molecule has 0 bridgehead atoms. The molecule has 3 aromatic heterocycles. The van der Waals surface area contributed by atoms with E-state index in [0.29, 0.717) is 0 Å². The van der Waals surface area contributed by atoms with Crippen LogP contribution in [0.1, 0.15) is 17.0 Å². The second kappa shape index (κ2) is 5.97. The molecule has 0 aliphatic heterocycles. The zero-order chi connectivity index (χ0) is 17.6. The summed E-state index contributed by atoms with van der Waals surface area (Å²) < 4.78 is 20.1. The van der Waals surface area contributed by atoms with Crippen molar-refractivity contribution < 1.29 is 8.73 Å². The summed E-state index contributed by atoms with van der Waals surface area (Å²) in [5.74, 6) is 0.748. The van der Waals surface area contributed by atoms with E-state index in [9.17, 15) is 4.21 Å². The van der Waals surface area contributed by atoms with Crippen LogP contribution in [0.15, 0.2) is 58.2 Å². The fraction of sp³-hybridized carbons (Fsp3) is 0.158. The highest BCUT2D eigenvalue weighted by atomic mass is 32.2. The first-order valence-electron chi connectivity index (χ1n) is 7.94. The molecule has 3 heterocycles. The van der Waals surface area contributed by atoms with Crippen LogP contribution in [0.4, 0.5) is 0 Å². The molecule has 0 aliphatic carbocycles. The van der Waals surface area contributed by atoms with Gasteiger partial charge in [0, 0.05) is 23.5 Å². The molecule has 5 nitrogen and oxygen atoms in total. The lowest BCUT2D eigenvalue weighted by molar-refractivity contribution is 0.393. The van der Waals surface area contributed by atoms with Gasteiger partial charge in [-0.25, -0.2) is 4.21 Å². The van der Waals surface area contributed by atoms with Crippen LogP contribution in [0.2, 0.25) is 0 Å². The van der Waals surface area contributed by atoms with Crippen LogP contribution in [0.5, 0.6) is 0 Å². The van der Waals surface area contributed by atoms with Gasteiger partial charge in [0.2, 0.25) is 0 Å². The zero-order valence-corrected chi connectivity index (χ0v) is 15.0. The molecule has 4 aromatic rings. The molecule has 6 heteroatoms. The molecule has 0 spiro atoms. The molecule has 0 aliphatic rings. The van der Waals surface area contributed by atoms with Gasteiger partial charge in [-0.3, -0.25) is 8.96 Å². The largest absolute Gasteiger partial charge is 0.361 e. The third-order valence-corrected chi connectivity index (χ3v) is 5.57. The SMILES string of the molecule is Cc1noc(C)c1-c1cnc2c(C)cn(S(=O)c3ccccc3)c2c1. The van der Waals surface area contributed by atoms with Crippen molar-refractivity contribution >= 4 is 22.0 Å². The van der Waals surface area contributed by atoms with Crippen molar-refractivity contribution in [3.63, 3.8) is 0 Å². The molecule has 1 aromatic carbocycles. The predicted octanol–water partition coefficient (Wildman–Crippen LogP) is 4.19.